The lowest BCUT2D eigenvalue weighted by Crippen LogP contribution is -2.13. The fourth-order valence-electron chi connectivity index (χ4n) is 2.96. The SMILES string of the molecule is COc1cc(/C=C(\C#N)C(=O)Nc2cccc([N+](=O)[O-])c2)cc(Cl)c1OCc1ccc(Cl)cc1Cl. The largest absolute Gasteiger partial charge is 0.493 e. The molecule has 0 aliphatic rings. The molecule has 3 aromatic rings. The summed E-state index contributed by atoms with van der Waals surface area (Å²) >= 11 is 18.5. The van der Waals surface area contributed by atoms with Crippen LogP contribution < -0.4 is 14.8 Å². The van der Waals surface area contributed by atoms with Crippen molar-refractivity contribution in [2.75, 3.05) is 12.4 Å². The van der Waals surface area contributed by atoms with Crippen LogP contribution >= 0.6 is 34.8 Å². The quantitative estimate of drug-likeness (QED) is 0.150. The number of amides is 1. The van der Waals surface area contributed by atoms with Crippen molar-refractivity contribution in [3.05, 3.63) is 96.5 Å². The number of non-ortho nitro benzene ring substituents is 1. The second-order valence-electron chi connectivity index (χ2n) is 6.99. The molecule has 0 aliphatic heterocycles. The highest BCUT2D eigenvalue weighted by atomic mass is 35.5. The van der Waals surface area contributed by atoms with Crippen LogP contribution in [0, 0.1) is 21.4 Å². The zero-order valence-electron chi connectivity index (χ0n) is 18.1. The maximum atomic E-state index is 12.6. The van der Waals surface area contributed by atoms with E-state index in [0.717, 1.165) is 0 Å². The molecular weight excluding hydrogens is 517 g/mol. The van der Waals surface area contributed by atoms with Gasteiger partial charge in [0, 0.05) is 33.4 Å². The van der Waals surface area contributed by atoms with Crippen LogP contribution in [0.15, 0.2) is 60.2 Å². The van der Waals surface area contributed by atoms with Gasteiger partial charge in [0.2, 0.25) is 0 Å². The lowest BCUT2D eigenvalue weighted by atomic mass is 10.1. The summed E-state index contributed by atoms with van der Waals surface area (Å²) in [5, 5.41) is 24.0. The molecule has 0 aliphatic carbocycles. The molecule has 0 atom stereocenters. The van der Waals surface area contributed by atoms with E-state index < -0.39 is 10.8 Å². The number of hydrogen-bond donors (Lipinski definition) is 1. The third-order valence-corrected chi connectivity index (χ3v) is 5.50. The number of nitriles is 1. The van der Waals surface area contributed by atoms with Gasteiger partial charge < -0.3 is 14.8 Å². The Bertz CT molecular complexity index is 1370. The zero-order chi connectivity index (χ0) is 25.5. The van der Waals surface area contributed by atoms with Gasteiger partial charge in [-0.25, -0.2) is 0 Å². The topological polar surface area (TPSA) is 114 Å². The van der Waals surface area contributed by atoms with E-state index in [-0.39, 0.29) is 40.1 Å². The molecule has 0 fully saturated rings. The van der Waals surface area contributed by atoms with E-state index in [2.05, 4.69) is 5.32 Å². The Morgan fingerprint density at radius 3 is 2.57 bits per heavy atom. The van der Waals surface area contributed by atoms with Crippen molar-refractivity contribution in [2.45, 2.75) is 6.61 Å². The molecule has 3 aromatic carbocycles. The van der Waals surface area contributed by atoms with E-state index in [1.807, 2.05) is 6.07 Å². The van der Waals surface area contributed by atoms with Gasteiger partial charge in [-0.05, 0) is 42.0 Å². The molecule has 0 unspecified atom stereocenters. The summed E-state index contributed by atoms with van der Waals surface area (Å²) in [5.74, 6) is -0.233. The highest BCUT2D eigenvalue weighted by molar-refractivity contribution is 6.35. The number of halogens is 3. The Morgan fingerprint density at radius 1 is 1.14 bits per heavy atom. The van der Waals surface area contributed by atoms with E-state index >= 15 is 0 Å². The molecule has 0 bridgehead atoms. The van der Waals surface area contributed by atoms with Crippen LogP contribution in [0.2, 0.25) is 15.1 Å². The van der Waals surface area contributed by atoms with Crippen molar-refractivity contribution >= 4 is 58.2 Å². The summed E-state index contributed by atoms with van der Waals surface area (Å²) in [4.78, 5) is 22.9. The summed E-state index contributed by atoms with van der Waals surface area (Å²) in [6, 6.07) is 15.2. The molecule has 0 radical (unpaired) electrons. The minimum absolute atomic E-state index is 0.0936. The second kappa shape index (κ2) is 11.6. The van der Waals surface area contributed by atoms with Gasteiger partial charge in [-0.15, -0.1) is 0 Å². The molecule has 3 rings (SSSR count). The fraction of sp³-hybridized carbons (Fsp3) is 0.0833. The van der Waals surface area contributed by atoms with Crippen LogP contribution in [0.4, 0.5) is 11.4 Å². The van der Waals surface area contributed by atoms with E-state index in [4.69, 9.17) is 44.3 Å². The molecule has 0 saturated carbocycles. The number of carbonyl (C=O) groups is 1. The minimum atomic E-state index is -0.749. The zero-order valence-corrected chi connectivity index (χ0v) is 20.3. The van der Waals surface area contributed by atoms with Crippen molar-refractivity contribution in [1.82, 2.24) is 0 Å². The van der Waals surface area contributed by atoms with Crippen molar-refractivity contribution in [3.8, 4) is 17.6 Å². The second-order valence-corrected chi connectivity index (χ2v) is 8.24. The molecule has 1 amide bonds. The van der Waals surface area contributed by atoms with Gasteiger partial charge in [-0.2, -0.15) is 5.26 Å². The Labute approximate surface area is 215 Å². The van der Waals surface area contributed by atoms with Crippen molar-refractivity contribution in [2.24, 2.45) is 0 Å². The molecule has 0 heterocycles. The lowest BCUT2D eigenvalue weighted by Gasteiger charge is -2.14. The van der Waals surface area contributed by atoms with Gasteiger partial charge in [0.25, 0.3) is 11.6 Å². The number of nitro benzene ring substituents is 1. The minimum Gasteiger partial charge on any atom is -0.493 e. The average molecular weight is 533 g/mol. The first-order valence-corrected chi connectivity index (χ1v) is 11.0. The van der Waals surface area contributed by atoms with E-state index in [1.165, 1.54) is 43.5 Å². The molecule has 0 spiro atoms. The van der Waals surface area contributed by atoms with Gasteiger partial charge in [-0.1, -0.05) is 46.9 Å². The predicted octanol–water partition coefficient (Wildman–Crippen LogP) is 6.69. The highest BCUT2D eigenvalue weighted by Crippen LogP contribution is 2.38. The first-order chi connectivity index (χ1) is 16.7. The first kappa shape index (κ1) is 25.8. The number of nitrogens with zero attached hydrogens (tertiary/aromatic N) is 2. The summed E-state index contributed by atoms with van der Waals surface area (Å²) in [6.45, 7) is 0.0936. The van der Waals surface area contributed by atoms with Crippen LogP contribution in [-0.4, -0.2) is 17.9 Å². The van der Waals surface area contributed by atoms with Gasteiger partial charge in [0.05, 0.1) is 17.1 Å². The Hall–Kier alpha value is -3.77. The smallest absolute Gasteiger partial charge is 0.271 e. The average Bonchev–Trinajstić information content (AvgIpc) is 2.82. The van der Waals surface area contributed by atoms with Gasteiger partial charge in [0.1, 0.15) is 18.2 Å². The molecular formula is C24H16Cl3N3O5. The Kier molecular flexibility index (Phi) is 8.55. The number of rotatable bonds is 8. The molecule has 178 valence electrons. The maximum absolute atomic E-state index is 12.6. The molecule has 0 aromatic heterocycles. The fourth-order valence-corrected chi connectivity index (χ4v) is 3.70. The Morgan fingerprint density at radius 2 is 1.91 bits per heavy atom. The third-order valence-electron chi connectivity index (χ3n) is 4.63. The summed E-state index contributed by atoms with van der Waals surface area (Å²) < 4.78 is 11.2. The number of ether oxygens (including phenoxy) is 2. The van der Waals surface area contributed by atoms with Crippen LogP contribution in [0.1, 0.15) is 11.1 Å². The molecule has 8 nitrogen and oxygen atoms in total. The van der Waals surface area contributed by atoms with Crippen LogP contribution in [-0.2, 0) is 11.4 Å². The predicted molar refractivity (Wildman–Crippen MR) is 134 cm³/mol. The summed E-state index contributed by atoms with van der Waals surface area (Å²) in [5.41, 5.74) is 0.802. The highest BCUT2D eigenvalue weighted by Gasteiger charge is 2.16. The Balaban J connectivity index is 1.82. The normalized spacial score (nSPS) is 10.9. The molecule has 1 N–H and O–H groups in total. The van der Waals surface area contributed by atoms with Crippen LogP contribution in [0.25, 0.3) is 6.08 Å². The number of methoxy groups -OCH3 is 1. The molecule has 35 heavy (non-hydrogen) atoms. The monoisotopic (exact) mass is 531 g/mol. The lowest BCUT2D eigenvalue weighted by molar-refractivity contribution is -0.384. The number of carbonyl (C=O) groups excluding carboxylic acids is 1. The number of nitro groups is 1. The van der Waals surface area contributed by atoms with Gasteiger partial charge >= 0.3 is 0 Å². The van der Waals surface area contributed by atoms with E-state index in [1.54, 1.807) is 24.3 Å². The summed E-state index contributed by atoms with van der Waals surface area (Å²) in [7, 11) is 1.42. The standard InChI is InChI=1S/C24H16Cl3N3O5/c1-34-22-9-14(8-21(27)23(22)35-13-15-5-6-17(25)10-20(15)26)7-16(12-28)24(31)29-18-3-2-4-19(11-18)30(32)33/h2-11H,13H2,1H3,(H,29,31)/b16-7+. The van der Waals surface area contributed by atoms with Crippen molar-refractivity contribution in [3.63, 3.8) is 0 Å². The summed E-state index contributed by atoms with van der Waals surface area (Å²) in [6.07, 6.45) is 1.31. The van der Waals surface area contributed by atoms with Gasteiger partial charge in [0.15, 0.2) is 11.5 Å². The van der Waals surface area contributed by atoms with E-state index in [9.17, 15) is 20.2 Å². The maximum Gasteiger partial charge on any atom is 0.271 e. The van der Waals surface area contributed by atoms with Crippen LogP contribution in [0.3, 0.4) is 0 Å². The molecule has 0 saturated heterocycles. The van der Waals surface area contributed by atoms with E-state index in [0.29, 0.717) is 21.2 Å². The van der Waals surface area contributed by atoms with Crippen molar-refractivity contribution in [1.29, 1.82) is 5.26 Å². The van der Waals surface area contributed by atoms with Crippen LogP contribution in [0.5, 0.6) is 11.5 Å². The first-order valence-electron chi connectivity index (χ1n) is 9.83. The van der Waals surface area contributed by atoms with Gasteiger partial charge in [-0.3, -0.25) is 14.9 Å². The van der Waals surface area contributed by atoms with Crippen molar-refractivity contribution < 1.29 is 19.2 Å². The number of anilines is 1. The third kappa shape index (κ3) is 6.64. The number of nitrogens with one attached hydrogen (secondary N) is 1. The molecule has 11 heteroatoms. The number of benzene rings is 3. The number of hydrogen-bond acceptors (Lipinski definition) is 6.